The molecule has 1 aliphatic heterocycles. The molecule has 0 radical (unpaired) electrons. The molecular formula is C17H25N3O3. The first-order chi connectivity index (χ1) is 11.0. The predicted molar refractivity (Wildman–Crippen MR) is 87.9 cm³/mol. The summed E-state index contributed by atoms with van der Waals surface area (Å²) >= 11 is 0. The van der Waals surface area contributed by atoms with Crippen LogP contribution in [-0.2, 0) is 16.1 Å². The monoisotopic (exact) mass is 319 g/mol. The molecule has 1 heterocycles. The molecule has 1 aromatic carbocycles. The number of carbonyl (C=O) groups is 2. The van der Waals surface area contributed by atoms with Gasteiger partial charge in [0.15, 0.2) is 0 Å². The largest absolute Gasteiger partial charge is 0.465 e. The molecule has 2 rings (SSSR count). The molecule has 0 spiro atoms. The molecule has 0 aliphatic carbocycles. The zero-order chi connectivity index (χ0) is 16.8. The molecule has 1 fully saturated rings. The van der Waals surface area contributed by atoms with Crippen molar-refractivity contribution >= 4 is 12.0 Å². The summed E-state index contributed by atoms with van der Waals surface area (Å²) in [6.45, 7) is 4.44. The zero-order valence-electron chi connectivity index (χ0n) is 14.1. The Morgan fingerprint density at radius 3 is 2.52 bits per heavy atom. The van der Waals surface area contributed by atoms with Crippen LogP contribution in [0.3, 0.4) is 0 Å². The van der Waals surface area contributed by atoms with Gasteiger partial charge in [0.2, 0.25) is 0 Å². The van der Waals surface area contributed by atoms with Crippen LogP contribution in [0.5, 0.6) is 0 Å². The highest BCUT2D eigenvalue weighted by Gasteiger charge is 2.35. The fourth-order valence-electron chi connectivity index (χ4n) is 2.75. The second kappa shape index (κ2) is 7.97. The van der Waals surface area contributed by atoms with Crippen LogP contribution in [0.15, 0.2) is 30.3 Å². The molecule has 1 saturated heterocycles. The summed E-state index contributed by atoms with van der Waals surface area (Å²) < 4.78 is 5.21. The maximum absolute atomic E-state index is 12.3. The molecule has 23 heavy (non-hydrogen) atoms. The first kappa shape index (κ1) is 17.3. The number of urea groups is 1. The number of piperazine rings is 1. The summed E-state index contributed by atoms with van der Waals surface area (Å²) in [6.07, 6.45) is 0. The third-order valence-electron chi connectivity index (χ3n) is 3.93. The lowest BCUT2D eigenvalue weighted by Crippen LogP contribution is -2.59. The van der Waals surface area contributed by atoms with Gasteiger partial charge in [-0.05, 0) is 12.5 Å². The van der Waals surface area contributed by atoms with Gasteiger partial charge in [0.1, 0.15) is 6.04 Å². The van der Waals surface area contributed by atoms with Crippen LogP contribution in [0.2, 0.25) is 0 Å². The molecule has 1 aliphatic rings. The molecular weight excluding hydrogens is 294 g/mol. The molecule has 2 amide bonds. The van der Waals surface area contributed by atoms with Gasteiger partial charge in [0.25, 0.3) is 0 Å². The highest BCUT2D eigenvalue weighted by atomic mass is 16.5. The summed E-state index contributed by atoms with van der Waals surface area (Å²) in [5.74, 6) is -0.264. The number of hydrogen-bond donors (Lipinski definition) is 0. The van der Waals surface area contributed by atoms with Crippen molar-refractivity contribution in [1.29, 1.82) is 0 Å². The number of rotatable bonds is 4. The molecule has 1 atom stereocenters. The predicted octanol–water partition coefficient (Wildman–Crippen LogP) is 1.42. The van der Waals surface area contributed by atoms with E-state index in [9.17, 15) is 9.59 Å². The summed E-state index contributed by atoms with van der Waals surface area (Å²) in [4.78, 5) is 29.8. The first-order valence-electron chi connectivity index (χ1n) is 7.93. The van der Waals surface area contributed by atoms with Crippen molar-refractivity contribution in [1.82, 2.24) is 14.7 Å². The summed E-state index contributed by atoms with van der Waals surface area (Å²) in [7, 11) is 3.44. The Hall–Kier alpha value is -2.08. The Labute approximate surface area is 137 Å². The summed E-state index contributed by atoms with van der Waals surface area (Å²) in [5.41, 5.74) is 1.15. The van der Waals surface area contributed by atoms with E-state index in [1.807, 2.05) is 30.3 Å². The van der Waals surface area contributed by atoms with Crippen LogP contribution in [0.1, 0.15) is 12.5 Å². The van der Waals surface area contributed by atoms with E-state index in [0.29, 0.717) is 32.8 Å². The maximum Gasteiger partial charge on any atom is 0.325 e. The van der Waals surface area contributed by atoms with Crippen molar-refractivity contribution in [3.8, 4) is 0 Å². The topological polar surface area (TPSA) is 53.1 Å². The van der Waals surface area contributed by atoms with Gasteiger partial charge in [-0.1, -0.05) is 30.3 Å². The number of carbonyl (C=O) groups excluding carboxylic acids is 2. The van der Waals surface area contributed by atoms with E-state index in [1.54, 1.807) is 25.9 Å². The average Bonchev–Trinajstić information content (AvgIpc) is 2.55. The quantitative estimate of drug-likeness (QED) is 0.788. The number of esters is 1. The van der Waals surface area contributed by atoms with Gasteiger partial charge in [-0.3, -0.25) is 9.69 Å². The van der Waals surface area contributed by atoms with Gasteiger partial charge >= 0.3 is 12.0 Å². The van der Waals surface area contributed by atoms with Gasteiger partial charge in [-0.15, -0.1) is 0 Å². The van der Waals surface area contributed by atoms with Crippen LogP contribution >= 0.6 is 0 Å². The third-order valence-corrected chi connectivity index (χ3v) is 3.93. The van der Waals surface area contributed by atoms with Gasteiger partial charge in [-0.2, -0.15) is 0 Å². The van der Waals surface area contributed by atoms with Crippen LogP contribution in [-0.4, -0.2) is 73.1 Å². The van der Waals surface area contributed by atoms with Gasteiger partial charge in [-0.25, -0.2) is 4.79 Å². The fourth-order valence-corrected chi connectivity index (χ4v) is 2.75. The molecule has 1 unspecified atom stereocenters. The minimum Gasteiger partial charge on any atom is -0.465 e. The summed E-state index contributed by atoms with van der Waals surface area (Å²) in [6, 6.07) is 9.53. The van der Waals surface area contributed by atoms with Crippen molar-refractivity contribution in [2.24, 2.45) is 0 Å². The molecule has 0 aromatic heterocycles. The third kappa shape index (κ3) is 4.45. The van der Waals surface area contributed by atoms with Gasteiger partial charge in [0, 0.05) is 40.3 Å². The van der Waals surface area contributed by atoms with Crippen molar-refractivity contribution < 1.29 is 14.3 Å². The fraction of sp³-hybridized carbons (Fsp3) is 0.529. The average molecular weight is 319 g/mol. The lowest BCUT2D eigenvalue weighted by molar-refractivity contribution is -0.151. The van der Waals surface area contributed by atoms with Crippen LogP contribution in [0.25, 0.3) is 0 Å². The van der Waals surface area contributed by atoms with E-state index in [-0.39, 0.29) is 12.0 Å². The van der Waals surface area contributed by atoms with E-state index in [1.165, 1.54) is 4.90 Å². The number of ether oxygens (including phenoxy) is 1. The van der Waals surface area contributed by atoms with Gasteiger partial charge in [0.05, 0.1) is 6.61 Å². The molecule has 6 heteroatoms. The minimum absolute atomic E-state index is 0.0707. The lowest BCUT2D eigenvalue weighted by atomic mass is 10.1. The van der Waals surface area contributed by atoms with Crippen molar-refractivity contribution in [3.05, 3.63) is 35.9 Å². The van der Waals surface area contributed by atoms with E-state index in [0.717, 1.165) is 5.56 Å². The lowest BCUT2D eigenvalue weighted by Gasteiger charge is -2.40. The second-order valence-corrected chi connectivity index (χ2v) is 5.85. The van der Waals surface area contributed by atoms with E-state index >= 15 is 0 Å². The highest BCUT2D eigenvalue weighted by molar-refractivity contribution is 5.79. The first-order valence-corrected chi connectivity index (χ1v) is 7.93. The number of benzene rings is 1. The van der Waals surface area contributed by atoms with E-state index < -0.39 is 6.04 Å². The Morgan fingerprint density at radius 2 is 1.91 bits per heavy atom. The van der Waals surface area contributed by atoms with Crippen LogP contribution in [0, 0.1) is 0 Å². The highest BCUT2D eigenvalue weighted by Crippen LogP contribution is 2.16. The second-order valence-electron chi connectivity index (χ2n) is 5.85. The normalized spacial score (nSPS) is 18.6. The minimum atomic E-state index is -0.423. The maximum atomic E-state index is 12.3. The summed E-state index contributed by atoms with van der Waals surface area (Å²) in [5, 5.41) is 0. The van der Waals surface area contributed by atoms with Crippen molar-refractivity contribution in [2.75, 3.05) is 40.3 Å². The Balaban J connectivity index is 2.11. The Bertz CT molecular complexity index is 533. The smallest absolute Gasteiger partial charge is 0.325 e. The SMILES string of the molecule is CCOC(=O)C1CN(C(=O)N(C)C)CCN1Cc1ccccc1. The number of amides is 2. The molecule has 0 N–H and O–H groups in total. The molecule has 126 valence electrons. The van der Waals surface area contributed by atoms with Gasteiger partial charge < -0.3 is 14.5 Å². The van der Waals surface area contributed by atoms with Crippen molar-refractivity contribution in [2.45, 2.75) is 19.5 Å². The van der Waals surface area contributed by atoms with Crippen LogP contribution < -0.4 is 0 Å². The zero-order valence-corrected chi connectivity index (χ0v) is 14.1. The Morgan fingerprint density at radius 1 is 1.22 bits per heavy atom. The number of nitrogens with zero attached hydrogens (tertiary/aromatic N) is 3. The molecule has 6 nitrogen and oxygen atoms in total. The van der Waals surface area contributed by atoms with E-state index in [4.69, 9.17) is 4.74 Å². The Kier molecular flexibility index (Phi) is 5.98. The van der Waals surface area contributed by atoms with E-state index in [2.05, 4.69) is 4.90 Å². The molecule has 1 aromatic rings. The molecule has 0 bridgehead atoms. The standard InChI is InChI=1S/C17H25N3O3/c1-4-23-16(21)15-13-20(17(22)18(2)3)11-10-19(15)12-14-8-6-5-7-9-14/h5-9,15H,4,10-13H2,1-3H3. The van der Waals surface area contributed by atoms with Crippen LogP contribution in [0.4, 0.5) is 4.79 Å². The molecule has 0 saturated carbocycles. The number of hydrogen-bond acceptors (Lipinski definition) is 4. The van der Waals surface area contributed by atoms with Crippen molar-refractivity contribution in [3.63, 3.8) is 0 Å².